The summed E-state index contributed by atoms with van der Waals surface area (Å²) in [5.74, 6) is 0.661. The molecule has 0 aliphatic carbocycles. The van der Waals surface area contributed by atoms with Gasteiger partial charge in [0.05, 0.1) is 9.99 Å². The zero-order valence-corrected chi connectivity index (χ0v) is 14.9. The Hall–Kier alpha value is -1.16. The van der Waals surface area contributed by atoms with Gasteiger partial charge in [0, 0.05) is 17.5 Å². The zero-order chi connectivity index (χ0) is 15.8. The minimum atomic E-state index is -0.240. The monoisotopic (exact) mass is 352 g/mol. The van der Waals surface area contributed by atoms with E-state index in [1.54, 1.807) is 0 Å². The molecular formula is C17H22BrFN2. The topological polar surface area (TPSA) is 24.9 Å². The number of benzene rings is 1. The van der Waals surface area contributed by atoms with Crippen molar-refractivity contribution in [3.8, 4) is 0 Å². The van der Waals surface area contributed by atoms with Gasteiger partial charge in [0.2, 0.25) is 0 Å². The fourth-order valence-electron chi connectivity index (χ4n) is 2.38. The Morgan fingerprint density at radius 2 is 1.95 bits per heavy atom. The molecule has 1 N–H and O–H groups in total. The maximum atomic E-state index is 14.0. The average molecular weight is 353 g/mol. The molecule has 114 valence electrons. The van der Waals surface area contributed by atoms with Crippen molar-refractivity contribution >= 4 is 32.7 Å². The van der Waals surface area contributed by atoms with Gasteiger partial charge in [-0.05, 0) is 52.4 Å². The van der Waals surface area contributed by atoms with E-state index in [1.807, 2.05) is 6.92 Å². The van der Waals surface area contributed by atoms with Gasteiger partial charge in [-0.3, -0.25) is 0 Å². The molecule has 0 amide bonds. The number of rotatable bonds is 3. The molecule has 0 radical (unpaired) electrons. The normalized spacial score (nSPS) is 12.0. The number of pyridine rings is 1. The van der Waals surface area contributed by atoms with Gasteiger partial charge in [-0.15, -0.1) is 0 Å². The van der Waals surface area contributed by atoms with Gasteiger partial charge < -0.3 is 5.32 Å². The minimum absolute atomic E-state index is 0.0586. The summed E-state index contributed by atoms with van der Waals surface area (Å²) in [7, 11) is 0. The first-order chi connectivity index (χ1) is 9.75. The second-order valence-electron chi connectivity index (χ2n) is 6.45. The van der Waals surface area contributed by atoms with Crippen LogP contribution in [0.3, 0.4) is 0 Å². The highest BCUT2D eigenvalue weighted by Gasteiger charge is 2.22. The molecule has 2 nitrogen and oxygen atoms in total. The highest BCUT2D eigenvalue weighted by atomic mass is 79.9. The molecule has 0 saturated heterocycles. The fraction of sp³-hybridized carbons (Fsp3) is 0.471. The quantitative estimate of drug-likeness (QED) is 0.781. The molecule has 1 heterocycles. The Labute approximate surface area is 134 Å². The van der Waals surface area contributed by atoms with Crippen LogP contribution in [0.1, 0.15) is 45.2 Å². The molecule has 0 saturated carbocycles. The van der Waals surface area contributed by atoms with Gasteiger partial charge in [-0.2, -0.15) is 0 Å². The van der Waals surface area contributed by atoms with Crippen molar-refractivity contribution in [2.75, 3.05) is 11.9 Å². The van der Waals surface area contributed by atoms with Gasteiger partial charge in [-0.25, -0.2) is 9.37 Å². The van der Waals surface area contributed by atoms with Crippen LogP contribution in [0.25, 0.3) is 10.9 Å². The van der Waals surface area contributed by atoms with Crippen LogP contribution in [0.15, 0.2) is 16.6 Å². The lowest BCUT2D eigenvalue weighted by Gasteiger charge is -2.24. The first-order valence-corrected chi connectivity index (χ1v) is 8.08. The molecule has 0 unspecified atom stereocenters. The van der Waals surface area contributed by atoms with Crippen molar-refractivity contribution in [3.05, 3.63) is 33.5 Å². The number of nitrogens with zero attached hydrogens (tertiary/aromatic N) is 1. The summed E-state index contributed by atoms with van der Waals surface area (Å²) in [6.45, 7) is 11.3. The summed E-state index contributed by atoms with van der Waals surface area (Å²) in [6, 6.07) is 3.58. The summed E-state index contributed by atoms with van der Waals surface area (Å²) in [6.07, 6.45) is 1.04. The van der Waals surface area contributed by atoms with Crippen molar-refractivity contribution in [1.82, 2.24) is 4.98 Å². The molecule has 0 bridgehead atoms. The molecular weight excluding hydrogens is 331 g/mol. The Morgan fingerprint density at radius 1 is 1.29 bits per heavy atom. The number of aryl methyl sites for hydroxylation is 1. The van der Waals surface area contributed by atoms with E-state index in [9.17, 15) is 4.39 Å². The van der Waals surface area contributed by atoms with Crippen LogP contribution in [0, 0.1) is 12.7 Å². The molecule has 0 aliphatic rings. The van der Waals surface area contributed by atoms with Crippen LogP contribution in [-0.2, 0) is 5.41 Å². The van der Waals surface area contributed by atoms with Crippen LogP contribution in [0.2, 0.25) is 0 Å². The van der Waals surface area contributed by atoms with E-state index < -0.39 is 0 Å². The van der Waals surface area contributed by atoms with Crippen molar-refractivity contribution in [2.45, 2.75) is 46.5 Å². The van der Waals surface area contributed by atoms with Gasteiger partial charge in [-0.1, -0.05) is 27.7 Å². The van der Waals surface area contributed by atoms with Crippen LogP contribution in [-0.4, -0.2) is 11.5 Å². The number of hydrogen-bond acceptors (Lipinski definition) is 2. The van der Waals surface area contributed by atoms with E-state index in [2.05, 4.69) is 55.0 Å². The van der Waals surface area contributed by atoms with Crippen molar-refractivity contribution in [1.29, 1.82) is 0 Å². The third-order valence-electron chi connectivity index (χ3n) is 3.54. The number of anilines is 1. The van der Waals surface area contributed by atoms with E-state index >= 15 is 0 Å². The second-order valence-corrected chi connectivity index (χ2v) is 7.24. The van der Waals surface area contributed by atoms with Crippen LogP contribution < -0.4 is 5.32 Å². The standard InChI is InChI=1S/C17H22BrFN2/c1-6-7-20-16-12(17(3,4)5)9-11-14(18)13(19)8-10(2)15(11)21-16/h8-9H,6-7H2,1-5H3,(H,20,21). The lowest BCUT2D eigenvalue weighted by molar-refractivity contribution is 0.589. The lowest BCUT2D eigenvalue weighted by atomic mass is 9.86. The third kappa shape index (κ3) is 3.20. The average Bonchev–Trinajstić information content (AvgIpc) is 2.40. The number of halogens is 2. The molecule has 0 spiro atoms. The Bertz CT molecular complexity index is 675. The predicted octanol–water partition coefficient (Wildman–Crippen LogP) is 5.56. The lowest BCUT2D eigenvalue weighted by Crippen LogP contribution is -2.17. The third-order valence-corrected chi connectivity index (χ3v) is 4.34. The minimum Gasteiger partial charge on any atom is -0.370 e. The molecule has 1 aromatic carbocycles. The summed E-state index contributed by atoms with van der Waals surface area (Å²) < 4.78 is 14.4. The molecule has 2 rings (SSSR count). The molecule has 0 atom stereocenters. The number of fused-ring (bicyclic) bond motifs is 1. The number of hydrogen-bond donors (Lipinski definition) is 1. The fourth-order valence-corrected chi connectivity index (χ4v) is 2.80. The number of nitrogens with one attached hydrogen (secondary N) is 1. The van der Waals surface area contributed by atoms with Gasteiger partial charge >= 0.3 is 0 Å². The summed E-state index contributed by atoms with van der Waals surface area (Å²) >= 11 is 3.36. The molecule has 0 aliphatic heterocycles. The molecule has 2 aromatic rings. The van der Waals surface area contributed by atoms with Crippen molar-refractivity contribution in [3.63, 3.8) is 0 Å². The summed E-state index contributed by atoms with van der Waals surface area (Å²) in [5.41, 5.74) is 2.74. The maximum absolute atomic E-state index is 14.0. The Morgan fingerprint density at radius 3 is 2.52 bits per heavy atom. The first-order valence-electron chi connectivity index (χ1n) is 7.29. The Kier molecular flexibility index (Phi) is 4.57. The SMILES string of the molecule is CCCNc1nc2c(C)cc(F)c(Br)c2cc1C(C)(C)C. The van der Waals surface area contributed by atoms with E-state index in [0.29, 0.717) is 4.47 Å². The van der Waals surface area contributed by atoms with Crippen LogP contribution >= 0.6 is 15.9 Å². The van der Waals surface area contributed by atoms with Gasteiger partial charge in [0.25, 0.3) is 0 Å². The first kappa shape index (κ1) is 16.2. The van der Waals surface area contributed by atoms with Crippen LogP contribution in [0.4, 0.5) is 10.2 Å². The smallest absolute Gasteiger partial charge is 0.138 e. The predicted molar refractivity (Wildman–Crippen MR) is 91.6 cm³/mol. The highest BCUT2D eigenvalue weighted by molar-refractivity contribution is 9.10. The summed E-state index contributed by atoms with van der Waals surface area (Å²) in [4.78, 5) is 4.77. The van der Waals surface area contributed by atoms with Crippen molar-refractivity contribution in [2.24, 2.45) is 0 Å². The van der Waals surface area contributed by atoms with E-state index in [-0.39, 0.29) is 11.2 Å². The van der Waals surface area contributed by atoms with E-state index in [1.165, 1.54) is 6.07 Å². The number of aromatic nitrogens is 1. The zero-order valence-electron chi connectivity index (χ0n) is 13.3. The largest absolute Gasteiger partial charge is 0.370 e. The van der Waals surface area contributed by atoms with Gasteiger partial charge in [0.1, 0.15) is 11.6 Å². The van der Waals surface area contributed by atoms with E-state index in [4.69, 9.17) is 4.98 Å². The Balaban J connectivity index is 2.77. The van der Waals surface area contributed by atoms with Crippen molar-refractivity contribution < 1.29 is 4.39 Å². The van der Waals surface area contributed by atoms with Gasteiger partial charge in [0.15, 0.2) is 0 Å². The maximum Gasteiger partial charge on any atom is 0.138 e. The van der Waals surface area contributed by atoms with Crippen LogP contribution in [0.5, 0.6) is 0 Å². The molecule has 1 aromatic heterocycles. The highest BCUT2D eigenvalue weighted by Crippen LogP contribution is 2.36. The summed E-state index contributed by atoms with van der Waals surface area (Å²) in [5, 5.41) is 4.24. The molecule has 21 heavy (non-hydrogen) atoms. The molecule has 0 fully saturated rings. The molecule has 4 heteroatoms. The van der Waals surface area contributed by atoms with E-state index in [0.717, 1.165) is 40.8 Å². The second kappa shape index (κ2) is 5.91.